The van der Waals surface area contributed by atoms with Gasteiger partial charge in [0.1, 0.15) is 0 Å². The smallest absolute Gasteiger partial charge is 0.154 e. The summed E-state index contributed by atoms with van der Waals surface area (Å²) in [5.74, 6) is 0. The van der Waals surface area contributed by atoms with Crippen molar-refractivity contribution >= 4 is 6.71 Å². The van der Waals surface area contributed by atoms with Gasteiger partial charge in [-0.05, 0) is 20.0 Å². The summed E-state index contributed by atoms with van der Waals surface area (Å²) < 4.78 is 0. The fraction of sp³-hybridized carbons (Fsp3) is 1.00. The van der Waals surface area contributed by atoms with Crippen LogP contribution in [0.25, 0.3) is 0 Å². The lowest BCUT2D eigenvalue weighted by atomic mass is 9.52. The van der Waals surface area contributed by atoms with Gasteiger partial charge in [0.25, 0.3) is 0 Å². The third kappa shape index (κ3) is 1.20. The van der Waals surface area contributed by atoms with E-state index < -0.39 is 0 Å². The molecule has 2 heteroatoms. The Bertz CT molecular complexity index is 57.1. The van der Waals surface area contributed by atoms with Crippen molar-refractivity contribution in [3.63, 3.8) is 0 Å². The van der Waals surface area contributed by atoms with Crippen molar-refractivity contribution in [1.82, 2.24) is 4.90 Å². The molecule has 0 unspecified atom stereocenters. The van der Waals surface area contributed by atoms with Crippen LogP contribution in [0.4, 0.5) is 0 Å². The topological polar surface area (TPSA) is 3.24 Å². The summed E-state index contributed by atoms with van der Waals surface area (Å²) in [4.78, 5) is 2.38. The molecule has 0 radical (unpaired) electrons. The molecule has 0 N–H and O–H groups in total. The monoisotopic (exact) mass is 97.1 g/mol. The first-order valence-electron chi connectivity index (χ1n) is 2.97. The van der Waals surface area contributed by atoms with Gasteiger partial charge < -0.3 is 4.90 Å². The Morgan fingerprint density at radius 1 is 1.57 bits per heavy atom. The van der Waals surface area contributed by atoms with Crippen molar-refractivity contribution in [3.8, 4) is 0 Å². The van der Waals surface area contributed by atoms with Gasteiger partial charge in [-0.2, -0.15) is 0 Å². The SMILES string of the molecule is CB1CCN(C)C1. The van der Waals surface area contributed by atoms with Crippen LogP contribution in [0.15, 0.2) is 0 Å². The molecule has 7 heavy (non-hydrogen) atoms. The Balaban J connectivity index is 2.26. The van der Waals surface area contributed by atoms with Crippen LogP contribution in [0, 0.1) is 0 Å². The van der Waals surface area contributed by atoms with Crippen LogP contribution in [0.5, 0.6) is 0 Å². The minimum Gasteiger partial charge on any atom is -0.314 e. The van der Waals surface area contributed by atoms with Crippen molar-refractivity contribution in [1.29, 1.82) is 0 Å². The summed E-state index contributed by atoms with van der Waals surface area (Å²) in [6.45, 7) is 4.56. The highest BCUT2D eigenvalue weighted by molar-refractivity contribution is 6.58. The van der Waals surface area contributed by atoms with Crippen LogP contribution < -0.4 is 0 Å². The summed E-state index contributed by atoms with van der Waals surface area (Å²) in [5, 5.41) is 0. The molecule has 1 fully saturated rings. The lowest BCUT2D eigenvalue weighted by Crippen LogP contribution is -2.16. The molecule has 1 aliphatic heterocycles. The molecule has 0 saturated carbocycles. The van der Waals surface area contributed by atoms with Gasteiger partial charge in [-0.1, -0.05) is 13.1 Å². The number of rotatable bonds is 0. The molecule has 0 bridgehead atoms. The lowest BCUT2D eigenvalue weighted by molar-refractivity contribution is 0.435. The quantitative estimate of drug-likeness (QED) is 0.400. The van der Waals surface area contributed by atoms with Crippen LogP contribution in [-0.4, -0.2) is 31.6 Å². The molecule has 0 spiro atoms. The molecule has 0 aliphatic carbocycles. The Hall–Kier alpha value is 0.0249. The second kappa shape index (κ2) is 1.87. The van der Waals surface area contributed by atoms with E-state index >= 15 is 0 Å². The minimum atomic E-state index is 0.949. The zero-order chi connectivity index (χ0) is 5.28. The van der Waals surface area contributed by atoms with Crippen LogP contribution in [0.3, 0.4) is 0 Å². The first-order chi connectivity index (χ1) is 3.29. The van der Waals surface area contributed by atoms with E-state index in [-0.39, 0.29) is 0 Å². The van der Waals surface area contributed by atoms with Gasteiger partial charge in [0.15, 0.2) is 6.71 Å². The Morgan fingerprint density at radius 3 is 2.43 bits per heavy atom. The Morgan fingerprint density at radius 2 is 2.29 bits per heavy atom. The predicted molar refractivity (Wildman–Crippen MR) is 33.9 cm³/mol. The average Bonchev–Trinajstić information content (AvgIpc) is 1.87. The van der Waals surface area contributed by atoms with E-state index in [0.717, 1.165) is 6.71 Å². The molecule has 1 nitrogen and oxygen atoms in total. The molecule has 0 amide bonds. The predicted octanol–water partition coefficient (Wildman–Crippen LogP) is 0.596. The van der Waals surface area contributed by atoms with E-state index in [1.165, 1.54) is 19.3 Å². The van der Waals surface area contributed by atoms with Gasteiger partial charge in [-0.25, -0.2) is 0 Å². The summed E-state index contributed by atoms with van der Waals surface area (Å²) >= 11 is 0. The maximum atomic E-state index is 2.38. The van der Waals surface area contributed by atoms with E-state index in [2.05, 4.69) is 18.8 Å². The second-order valence-corrected chi connectivity index (χ2v) is 2.66. The van der Waals surface area contributed by atoms with E-state index in [4.69, 9.17) is 0 Å². The zero-order valence-corrected chi connectivity index (χ0v) is 5.15. The third-order valence-corrected chi connectivity index (χ3v) is 1.63. The molecule has 1 saturated heterocycles. The van der Waals surface area contributed by atoms with Crippen molar-refractivity contribution in [2.45, 2.75) is 13.1 Å². The Kier molecular flexibility index (Phi) is 1.38. The van der Waals surface area contributed by atoms with Gasteiger partial charge >= 0.3 is 0 Å². The maximum Gasteiger partial charge on any atom is 0.154 e. The van der Waals surface area contributed by atoms with Gasteiger partial charge in [-0.15, -0.1) is 0 Å². The van der Waals surface area contributed by atoms with E-state index in [1.54, 1.807) is 0 Å². The highest BCUT2D eigenvalue weighted by Crippen LogP contribution is 2.04. The van der Waals surface area contributed by atoms with Crippen LogP contribution in [-0.2, 0) is 0 Å². The van der Waals surface area contributed by atoms with Crippen LogP contribution in [0.1, 0.15) is 0 Å². The fourth-order valence-corrected chi connectivity index (χ4v) is 1.16. The highest BCUT2D eigenvalue weighted by atomic mass is 15.1. The number of hydrogen-bond donors (Lipinski definition) is 0. The summed E-state index contributed by atoms with van der Waals surface area (Å²) in [6.07, 6.45) is 2.70. The molecule has 0 aromatic carbocycles. The molecule has 1 aliphatic rings. The first-order valence-corrected chi connectivity index (χ1v) is 2.97. The fourth-order valence-electron chi connectivity index (χ4n) is 1.16. The summed E-state index contributed by atoms with van der Waals surface area (Å²) in [7, 11) is 2.18. The van der Waals surface area contributed by atoms with Gasteiger partial charge in [-0.3, -0.25) is 0 Å². The van der Waals surface area contributed by atoms with Gasteiger partial charge in [0, 0.05) is 0 Å². The average molecular weight is 97.0 g/mol. The van der Waals surface area contributed by atoms with Crippen molar-refractivity contribution in [3.05, 3.63) is 0 Å². The molecular formula is C5H12BN. The maximum absolute atomic E-state index is 2.38. The molecule has 40 valence electrons. The number of hydrogen-bond acceptors (Lipinski definition) is 1. The first kappa shape index (κ1) is 5.17. The summed E-state index contributed by atoms with van der Waals surface area (Å²) in [5.41, 5.74) is 0. The number of nitrogens with zero attached hydrogens (tertiary/aromatic N) is 1. The Labute approximate surface area is 45.8 Å². The van der Waals surface area contributed by atoms with Crippen molar-refractivity contribution in [2.75, 3.05) is 20.0 Å². The largest absolute Gasteiger partial charge is 0.314 e. The molecule has 0 atom stereocenters. The van der Waals surface area contributed by atoms with E-state index in [0.29, 0.717) is 0 Å². The van der Waals surface area contributed by atoms with Crippen molar-refractivity contribution < 1.29 is 0 Å². The van der Waals surface area contributed by atoms with E-state index in [9.17, 15) is 0 Å². The third-order valence-electron chi connectivity index (χ3n) is 1.63. The van der Waals surface area contributed by atoms with Crippen molar-refractivity contribution in [2.24, 2.45) is 0 Å². The van der Waals surface area contributed by atoms with Crippen LogP contribution in [0.2, 0.25) is 13.1 Å². The molecule has 0 aromatic heterocycles. The molecular weight excluding hydrogens is 84.9 g/mol. The molecule has 1 heterocycles. The van der Waals surface area contributed by atoms with Gasteiger partial charge in [0.05, 0.1) is 0 Å². The van der Waals surface area contributed by atoms with E-state index in [1.807, 2.05) is 0 Å². The van der Waals surface area contributed by atoms with Gasteiger partial charge in [0.2, 0.25) is 0 Å². The zero-order valence-electron chi connectivity index (χ0n) is 5.15. The minimum absolute atomic E-state index is 0.949. The normalized spacial score (nSPS) is 24.0. The van der Waals surface area contributed by atoms with Crippen LogP contribution >= 0.6 is 0 Å². The lowest BCUT2D eigenvalue weighted by Gasteiger charge is -2.03. The standard InChI is InChI=1S/C5H12BN/c1-6-3-4-7(2)5-6/h3-5H2,1-2H3. The second-order valence-electron chi connectivity index (χ2n) is 2.66. The molecule has 0 aromatic rings. The highest BCUT2D eigenvalue weighted by Gasteiger charge is 2.16. The molecule has 1 rings (SSSR count). The summed E-state index contributed by atoms with van der Waals surface area (Å²) in [6, 6.07) is 0.